The van der Waals surface area contributed by atoms with Gasteiger partial charge in [0.1, 0.15) is 0 Å². The standard InChI is InChI=1S/C55H35N5S/c1-4-15-36(16-5-1)39-21-13-25-44(32-39)54-58-53(38-19-8-3-9-20-38)59-55(60-54)45-26-14-23-41(33-45)40-22-12-24-42(31-40)48-35-49(57-52(56-48)37-17-6-2-7-18-37)43-29-30-47-46-27-10-11-28-50(46)61-51(47)34-43/h1-35H. The van der Waals surface area contributed by atoms with Crippen molar-refractivity contribution in [2.75, 3.05) is 0 Å². The highest BCUT2D eigenvalue weighted by molar-refractivity contribution is 7.25. The lowest BCUT2D eigenvalue weighted by atomic mass is 9.99. The van der Waals surface area contributed by atoms with E-state index in [-0.39, 0.29) is 0 Å². The van der Waals surface area contributed by atoms with Crippen LogP contribution in [0.4, 0.5) is 0 Å². The number of benzene rings is 8. The van der Waals surface area contributed by atoms with E-state index in [1.165, 1.54) is 20.2 Å². The molecule has 0 aliphatic carbocycles. The maximum Gasteiger partial charge on any atom is 0.164 e. The zero-order valence-electron chi connectivity index (χ0n) is 32.9. The van der Waals surface area contributed by atoms with Crippen LogP contribution in [-0.2, 0) is 0 Å². The molecule has 0 N–H and O–H groups in total. The molecule has 11 rings (SSSR count). The van der Waals surface area contributed by atoms with Crippen LogP contribution < -0.4 is 0 Å². The SMILES string of the molecule is c1ccc(-c2cccc(-c3nc(-c4ccccc4)nc(-c4cccc(-c5cccc(-c6cc(-c7ccc8c(c7)sc7ccccc78)nc(-c7ccccc7)n6)c5)c4)n3)c2)cc1. The Kier molecular flexibility index (Phi) is 9.30. The molecule has 61 heavy (non-hydrogen) atoms. The number of aromatic nitrogens is 5. The van der Waals surface area contributed by atoms with Crippen LogP contribution in [0.15, 0.2) is 212 Å². The summed E-state index contributed by atoms with van der Waals surface area (Å²) in [5, 5.41) is 2.54. The van der Waals surface area contributed by atoms with Crippen LogP contribution >= 0.6 is 11.3 Å². The fourth-order valence-electron chi connectivity index (χ4n) is 7.86. The predicted molar refractivity (Wildman–Crippen MR) is 252 cm³/mol. The summed E-state index contributed by atoms with van der Waals surface area (Å²) >= 11 is 1.81. The third-order valence-electron chi connectivity index (χ3n) is 10.9. The van der Waals surface area contributed by atoms with E-state index >= 15 is 0 Å². The van der Waals surface area contributed by atoms with Crippen LogP contribution in [0.3, 0.4) is 0 Å². The Hall–Kier alpha value is -7.93. The Morgan fingerprint density at radius 3 is 1.21 bits per heavy atom. The zero-order valence-corrected chi connectivity index (χ0v) is 33.7. The van der Waals surface area contributed by atoms with Crippen molar-refractivity contribution in [2.24, 2.45) is 0 Å². The normalized spacial score (nSPS) is 11.3. The molecule has 0 unspecified atom stereocenters. The lowest BCUT2D eigenvalue weighted by Crippen LogP contribution is -2.00. The molecule has 286 valence electrons. The largest absolute Gasteiger partial charge is 0.228 e. The smallest absolute Gasteiger partial charge is 0.164 e. The Morgan fingerprint density at radius 2 is 0.623 bits per heavy atom. The summed E-state index contributed by atoms with van der Waals surface area (Å²) in [5.74, 6) is 2.54. The lowest BCUT2D eigenvalue weighted by Gasteiger charge is -2.12. The Labute approximate surface area is 357 Å². The van der Waals surface area contributed by atoms with Crippen LogP contribution in [0.1, 0.15) is 0 Å². The monoisotopic (exact) mass is 797 g/mol. The molecular formula is C55H35N5S. The highest BCUT2D eigenvalue weighted by Gasteiger charge is 2.16. The van der Waals surface area contributed by atoms with Crippen LogP contribution in [0.2, 0.25) is 0 Å². The molecule has 0 bridgehead atoms. The fourth-order valence-corrected chi connectivity index (χ4v) is 9.00. The zero-order chi connectivity index (χ0) is 40.5. The molecular weight excluding hydrogens is 763 g/mol. The second-order valence-corrected chi connectivity index (χ2v) is 16.0. The van der Waals surface area contributed by atoms with E-state index in [0.717, 1.165) is 67.0 Å². The Balaban J connectivity index is 0.989. The minimum absolute atomic E-state index is 0.607. The molecule has 8 aromatic carbocycles. The number of hydrogen-bond donors (Lipinski definition) is 0. The van der Waals surface area contributed by atoms with Gasteiger partial charge in [-0.05, 0) is 58.7 Å². The molecule has 3 aromatic heterocycles. The third-order valence-corrected chi connectivity index (χ3v) is 12.1. The van der Waals surface area contributed by atoms with Gasteiger partial charge in [0.25, 0.3) is 0 Å². The van der Waals surface area contributed by atoms with Gasteiger partial charge in [-0.25, -0.2) is 24.9 Å². The average molecular weight is 798 g/mol. The van der Waals surface area contributed by atoms with E-state index in [1.54, 1.807) is 0 Å². The van der Waals surface area contributed by atoms with Crippen molar-refractivity contribution in [1.29, 1.82) is 0 Å². The summed E-state index contributed by atoms with van der Waals surface area (Å²) < 4.78 is 2.52. The first-order valence-electron chi connectivity index (χ1n) is 20.2. The molecule has 5 nitrogen and oxygen atoms in total. The molecule has 0 aliphatic rings. The van der Waals surface area contributed by atoms with Crippen molar-refractivity contribution in [3.05, 3.63) is 212 Å². The van der Waals surface area contributed by atoms with Crippen LogP contribution in [0.5, 0.6) is 0 Å². The molecule has 0 atom stereocenters. The van der Waals surface area contributed by atoms with Gasteiger partial charge in [0.05, 0.1) is 11.4 Å². The van der Waals surface area contributed by atoms with Gasteiger partial charge in [-0.15, -0.1) is 11.3 Å². The van der Waals surface area contributed by atoms with Gasteiger partial charge in [-0.3, -0.25) is 0 Å². The van der Waals surface area contributed by atoms with Crippen LogP contribution in [0, 0.1) is 0 Å². The van der Waals surface area contributed by atoms with Gasteiger partial charge in [0.2, 0.25) is 0 Å². The van der Waals surface area contributed by atoms with Crippen molar-refractivity contribution in [3.63, 3.8) is 0 Å². The van der Waals surface area contributed by atoms with Crippen molar-refractivity contribution >= 4 is 31.5 Å². The van der Waals surface area contributed by atoms with Gasteiger partial charge in [-0.2, -0.15) is 0 Å². The number of hydrogen-bond acceptors (Lipinski definition) is 6. The summed E-state index contributed by atoms with van der Waals surface area (Å²) in [6, 6.07) is 73.4. The Morgan fingerprint density at radius 1 is 0.230 bits per heavy atom. The molecule has 0 saturated heterocycles. The second-order valence-electron chi connectivity index (χ2n) is 14.9. The van der Waals surface area contributed by atoms with Crippen molar-refractivity contribution in [3.8, 4) is 90.3 Å². The summed E-state index contributed by atoms with van der Waals surface area (Å²) in [5.41, 5.74) is 11.9. The van der Waals surface area contributed by atoms with E-state index in [0.29, 0.717) is 23.3 Å². The number of thiophene rings is 1. The Bertz CT molecular complexity index is 3360. The minimum atomic E-state index is 0.607. The molecule has 0 amide bonds. The predicted octanol–water partition coefficient (Wildman–Crippen LogP) is 14.4. The molecule has 0 saturated carbocycles. The van der Waals surface area contributed by atoms with Gasteiger partial charge in [0, 0.05) is 53.6 Å². The minimum Gasteiger partial charge on any atom is -0.228 e. The van der Waals surface area contributed by atoms with Gasteiger partial charge >= 0.3 is 0 Å². The molecule has 11 aromatic rings. The third kappa shape index (κ3) is 7.26. The highest BCUT2D eigenvalue weighted by Crippen LogP contribution is 2.38. The first-order valence-corrected chi connectivity index (χ1v) is 21.0. The summed E-state index contributed by atoms with van der Waals surface area (Å²) in [7, 11) is 0. The summed E-state index contributed by atoms with van der Waals surface area (Å²) in [6.07, 6.45) is 0. The van der Waals surface area contributed by atoms with Crippen molar-refractivity contribution in [1.82, 2.24) is 24.9 Å². The number of fused-ring (bicyclic) bond motifs is 3. The van der Waals surface area contributed by atoms with Crippen molar-refractivity contribution < 1.29 is 0 Å². The quantitative estimate of drug-likeness (QED) is 0.153. The van der Waals surface area contributed by atoms with E-state index < -0.39 is 0 Å². The second kappa shape index (κ2) is 15.7. The average Bonchev–Trinajstić information content (AvgIpc) is 3.73. The maximum atomic E-state index is 5.16. The number of nitrogens with zero attached hydrogens (tertiary/aromatic N) is 5. The molecule has 0 spiro atoms. The molecule has 0 fully saturated rings. The van der Waals surface area contributed by atoms with Gasteiger partial charge < -0.3 is 0 Å². The first kappa shape index (κ1) is 36.2. The van der Waals surface area contributed by atoms with E-state index in [2.05, 4.69) is 158 Å². The molecule has 0 aliphatic heterocycles. The number of rotatable bonds is 8. The van der Waals surface area contributed by atoms with Crippen LogP contribution in [0.25, 0.3) is 110 Å². The van der Waals surface area contributed by atoms with Gasteiger partial charge in [-0.1, -0.05) is 176 Å². The van der Waals surface area contributed by atoms with E-state index in [1.807, 2.05) is 65.9 Å². The van der Waals surface area contributed by atoms with E-state index in [4.69, 9.17) is 24.9 Å². The topological polar surface area (TPSA) is 64.5 Å². The van der Waals surface area contributed by atoms with Gasteiger partial charge in [0.15, 0.2) is 23.3 Å². The van der Waals surface area contributed by atoms with Crippen LogP contribution in [-0.4, -0.2) is 24.9 Å². The fraction of sp³-hybridized carbons (Fsp3) is 0. The molecule has 3 heterocycles. The molecule has 6 heteroatoms. The summed E-state index contributed by atoms with van der Waals surface area (Å²) in [6.45, 7) is 0. The lowest BCUT2D eigenvalue weighted by molar-refractivity contribution is 1.07. The summed E-state index contributed by atoms with van der Waals surface area (Å²) in [4.78, 5) is 25.5. The first-order chi connectivity index (χ1) is 30.2. The maximum absolute atomic E-state index is 5.16. The highest BCUT2D eigenvalue weighted by atomic mass is 32.1. The van der Waals surface area contributed by atoms with Crippen molar-refractivity contribution in [2.45, 2.75) is 0 Å². The van der Waals surface area contributed by atoms with E-state index in [9.17, 15) is 0 Å². The molecule has 0 radical (unpaired) electrons.